The zero-order chi connectivity index (χ0) is 33.5. The number of benzene rings is 3. The molecule has 0 saturated carbocycles. The van der Waals surface area contributed by atoms with E-state index < -0.39 is 10.1 Å². The molecular formula is C33H46N4O7S2. The number of aromatic hydroxyl groups is 1. The Labute approximate surface area is 274 Å². The van der Waals surface area contributed by atoms with Crippen molar-refractivity contribution >= 4 is 48.4 Å². The highest BCUT2D eigenvalue weighted by atomic mass is 32.2. The fourth-order valence-electron chi connectivity index (χ4n) is 5.11. The number of phenolic OH excluding ortho intramolecular Hbond substituents is 1. The quantitative estimate of drug-likeness (QED) is 0.0965. The summed E-state index contributed by atoms with van der Waals surface area (Å²) in [4.78, 5) is 31.7. The summed E-state index contributed by atoms with van der Waals surface area (Å²) in [6.45, 7) is 10.7. The van der Waals surface area contributed by atoms with Crippen LogP contribution in [0, 0.1) is 0 Å². The number of carbonyl (C=O) groups is 1. The number of H-pyrrole nitrogens is 1. The number of hydrogen-bond donors (Lipinski definition) is 4. The lowest BCUT2D eigenvalue weighted by atomic mass is 10.0. The van der Waals surface area contributed by atoms with Gasteiger partial charge in [-0.2, -0.15) is 8.42 Å². The van der Waals surface area contributed by atoms with Crippen LogP contribution < -0.4 is 10.2 Å². The maximum Gasteiger partial charge on any atom is 0.305 e. The predicted molar refractivity (Wildman–Crippen MR) is 186 cm³/mol. The smallest absolute Gasteiger partial charge is 0.305 e. The van der Waals surface area contributed by atoms with Crippen molar-refractivity contribution < 1.29 is 27.6 Å². The van der Waals surface area contributed by atoms with Gasteiger partial charge in [-0.05, 0) is 60.4 Å². The highest BCUT2D eigenvalue weighted by molar-refractivity contribution is 7.85. The molecule has 4 N–H and O–H groups in total. The van der Waals surface area contributed by atoms with Crippen LogP contribution in [-0.2, 0) is 32.5 Å². The molecule has 1 amide bonds. The molecule has 3 aromatic carbocycles. The lowest BCUT2D eigenvalue weighted by molar-refractivity contribution is -0.132. The Bertz CT molecular complexity index is 1690. The van der Waals surface area contributed by atoms with Gasteiger partial charge in [-0.15, -0.1) is 0 Å². The first-order valence-corrected chi connectivity index (χ1v) is 18.2. The summed E-state index contributed by atoms with van der Waals surface area (Å²) in [5, 5.41) is 15.9. The molecule has 0 unspecified atom stereocenters. The van der Waals surface area contributed by atoms with Crippen LogP contribution >= 0.6 is 11.3 Å². The molecule has 0 atom stereocenters. The second-order valence-electron chi connectivity index (χ2n) is 10.9. The second kappa shape index (κ2) is 18.7. The maximum atomic E-state index is 13.2. The molecular weight excluding hydrogens is 629 g/mol. The normalized spacial score (nSPS) is 11.6. The Morgan fingerprint density at radius 3 is 2.39 bits per heavy atom. The number of aromatic amines is 1. The number of phenols is 1. The number of aromatic nitrogens is 1. The summed E-state index contributed by atoms with van der Waals surface area (Å²) < 4.78 is 32.6. The van der Waals surface area contributed by atoms with E-state index in [0.29, 0.717) is 57.6 Å². The third-order valence-corrected chi connectivity index (χ3v) is 8.52. The summed E-state index contributed by atoms with van der Waals surface area (Å²) >= 11 is 1.12. The van der Waals surface area contributed by atoms with Gasteiger partial charge in [0.2, 0.25) is 5.91 Å². The highest BCUT2D eigenvalue weighted by Gasteiger charge is 2.15. The number of ether oxygens (including phenoxy) is 1. The van der Waals surface area contributed by atoms with E-state index in [1.54, 1.807) is 6.07 Å². The first-order chi connectivity index (χ1) is 22.0. The van der Waals surface area contributed by atoms with E-state index in [9.17, 15) is 23.1 Å². The fourth-order valence-corrected chi connectivity index (χ4v) is 6.00. The Morgan fingerprint density at radius 1 is 0.935 bits per heavy atom. The van der Waals surface area contributed by atoms with E-state index in [2.05, 4.69) is 71.5 Å². The topological polar surface area (TPSA) is 152 Å². The van der Waals surface area contributed by atoms with Crippen LogP contribution in [0.1, 0.15) is 31.4 Å². The zero-order valence-electron chi connectivity index (χ0n) is 26.8. The van der Waals surface area contributed by atoms with Crippen molar-refractivity contribution in [2.75, 3.05) is 65.3 Å². The van der Waals surface area contributed by atoms with Crippen LogP contribution in [-0.4, -0.2) is 104 Å². The van der Waals surface area contributed by atoms with Crippen LogP contribution in [0.4, 0.5) is 0 Å². The molecule has 13 heteroatoms. The summed E-state index contributed by atoms with van der Waals surface area (Å²) in [5.41, 5.74) is 2.79. The van der Waals surface area contributed by atoms with E-state index >= 15 is 0 Å². The molecule has 252 valence electrons. The number of amides is 1. The van der Waals surface area contributed by atoms with Crippen molar-refractivity contribution in [1.29, 1.82) is 0 Å². The van der Waals surface area contributed by atoms with E-state index in [4.69, 9.17) is 9.29 Å². The molecule has 1 aromatic heterocycles. The van der Waals surface area contributed by atoms with E-state index in [1.165, 1.54) is 16.3 Å². The molecule has 4 rings (SSSR count). The molecule has 4 aromatic rings. The third kappa shape index (κ3) is 12.5. The summed E-state index contributed by atoms with van der Waals surface area (Å²) in [7, 11) is -3.67. The van der Waals surface area contributed by atoms with Crippen LogP contribution in [0.2, 0.25) is 0 Å². The summed E-state index contributed by atoms with van der Waals surface area (Å²) in [5.74, 6) is 0.205. The van der Waals surface area contributed by atoms with Gasteiger partial charge in [0.1, 0.15) is 11.3 Å². The Hall–Kier alpha value is -3.33. The predicted octanol–water partition coefficient (Wildman–Crippen LogP) is 3.90. The SMILES string of the molecule is CCN(CC)CCN(CCNCCc1ccc(O)c2[nH]c(=O)sc12)C(=O)CCOCCc1cccc2ccccc12.CS(=O)(=O)O. The number of carbonyl (C=O) groups excluding carboxylic acids is 1. The number of thiazole rings is 1. The van der Waals surface area contributed by atoms with E-state index in [-0.39, 0.29) is 16.5 Å². The minimum atomic E-state index is -3.67. The molecule has 0 aliphatic heterocycles. The average molecular weight is 675 g/mol. The summed E-state index contributed by atoms with van der Waals surface area (Å²) in [6.07, 6.45) is 2.62. The number of nitrogens with one attached hydrogen (secondary N) is 2. The molecule has 0 aliphatic rings. The molecule has 0 fully saturated rings. The minimum absolute atomic E-state index is 0.0926. The van der Waals surface area contributed by atoms with Gasteiger partial charge in [0, 0.05) is 26.2 Å². The minimum Gasteiger partial charge on any atom is -0.506 e. The van der Waals surface area contributed by atoms with Gasteiger partial charge in [0.15, 0.2) is 0 Å². The highest BCUT2D eigenvalue weighted by Crippen LogP contribution is 2.27. The van der Waals surface area contributed by atoms with Crippen molar-refractivity contribution in [1.82, 2.24) is 20.1 Å². The largest absolute Gasteiger partial charge is 0.506 e. The third-order valence-electron chi connectivity index (χ3n) is 7.56. The lowest BCUT2D eigenvalue weighted by Crippen LogP contribution is -2.42. The van der Waals surface area contributed by atoms with Crippen molar-refractivity contribution in [3.05, 3.63) is 75.4 Å². The van der Waals surface area contributed by atoms with E-state index in [0.717, 1.165) is 54.1 Å². The standard InChI is InChI=1S/C32H42N4O4S.CH4O3S/c1-3-35(4-2)20-21-36(19-18-33-17-14-26-12-13-28(37)30-31(26)41-32(39)34-30)29(38)16-23-40-22-15-25-10-7-9-24-8-5-6-11-27(24)25;1-5(2,3)4/h5-13,33,37H,3-4,14-23H2,1-2H3,(H,34,39);1H3,(H,2,3,4). The zero-order valence-corrected chi connectivity index (χ0v) is 28.5. The van der Waals surface area contributed by atoms with Gasteiger partial charge in [0.25, 0.3) is 10.1 Å². The molecule has 1 heterocycles. The van der Waals surface area contributed by atoms with Crippen molar-refractivity contribution in [3.63, 3.8) is 0 Å². The number of nitrogens with zero attached hydrogens (tertiary/aromatic N) is 2. The van der Waals surface area contributed by atoms with Crippen molar-refractivity contribution in [2.45, 2.75) is 33.1 Å². The van der Waals surface area contributed by atoms with Crippen molar-refractivity contribution in [2.24, 2.45) is 0 Å². The maximum absolute atomic E-state index is 13.2. The van der Waals surface area contributed by atoms with Gasteiger partial charge in [-0.25, -0.2) is 0 Å². The van der Waals surface area contributed by atoms with E-state index in [1.807, 2.05) is 11.0 Å². The Kier molecular flexibility index (Phi) is 15.1. The number of fused-ring (bicyclic) bond motifs is 2. The van der Waals surface area contributed by atoms with Gasteiger partial charge in [0.05, 0.1) is 30.6 Å². The van der Waals surface area contributed by atoms with Gasteiger partial charge < -0.3 is 29.9 Å². The number of rotatable bonds is 17. The molecule has 46 heavy (non-hydrogen) atoms. The molecule has 0 bridgehead atoms. The molecule has 0 saturated heterocycles. The van der Waals surface area contributed by atoms with Crippen molar-refractivity contribution in [3.8, 4) is 5.75 Å². The first-order valence-electron chi connectivity index (χ1n) is 15.5. The average Bonchev–Trinajstić information content (AvgIpc) is 3.42. The molecule has 0 aliphatic carbocycles. The summed E-state index contributed by atoms with van der Waals surface area (Å²) in [6, 6.07) is 18.2. The monoisotopic (exact) mass is 674 g/mol. The Morgan fingerprint density at radius 2 is 1.65 bits per heavy atom. The molecule has 0 radical (unpaired) electrons. The fraction of sp³-hybridized carbons (Fsp3) is 0.455. The first kappa shape index (κ1) is 37.1. The number of likely N-dealkylation sites (N-methyl/N-ethyl adjacent to an activating group) is 1. The van der Waals surface area contributed by atoms with Gasteiger partial charge in [-0.3, -0.25) is 14.1 Å². The van der Waals surface area contributed by atoms with Crippen LogP contribution in [0.5, 0.6) is 5.75 Å². The van der Waals surface area contributed by atoms with Gasteiger partial charge in [-0.1, -0.05) is 73.7 Å². The second-order valence-corrected chi connectivity index (χ2v) is 13.3. The van der Waals surface area contributed by atoms with Crippen LogP contribution in [0.15, 0.2) is 59.4 Å². The molecule has 0 spiro atoms. The lowest BCUT2D eigenvalue weighted by Gasteiger charge is -2.27. The van der Waals surface area contributed by atoms with Crippen LogP contribution in [0.25, 0.3) is 21.0 Å². The Balaban J connectivity index is 0.00000107. The number of hydrogen-bond acceptors (Lipinski definition) is 9. The van der Waals surface area contributed by atoms with Gasteiger partial charge >= 0.3 is 4.87 Å². The van der Waals surface area contributed by atoms with Crippen LogP contribution in [0.3, 0.4) is 0 Å². The molecule has 11 nitrogen and oxygen atoms in total.